The highest BCUT2D eigenvalue weighted by Gasteiger charge is 2.13. The van der Waals surface area contributed by atoms with Crippen LogP contribution in [0.5, 0.6) is 0 Å². The maximum atomic E-state index is 13.2. The quantitative estimate of drug-likeness (QED) is 0.794. The third-order valence-corrected chi connectivity index (χ3v) is 3.43. The fourth-order valence-corrected chi connectivity index (χ4v) is 2.49. The molecule has 1 aromatic heterocycles. The van der Waals surface area contributed by atoms with E-state index in [0.717, 1.165) is 16.8 Å². The zero-order valence-electron chi connectivity index (χ0n) is 11.1. The van der Waals surface area contributed by atoms with Gasteiger partial charge in [0.25, 0.3) is 0 Å². The summed E-state index contributed by atoms with van der Waals surface area (Å²) in [6, 6.07) is 10.7. The molecule has 106 valence electrons. The predicted molar refractivity (Wildman–Crippen MR) is 76.8 cm³/mol. The zero-order valence-corrected chi connectivity index (χ0v) is 11.1. The number of halogens is 2. The Kier molecular flexibility index (Phi) is 3.62. The van der Waals surface area contributed by atoms with Crippen LogP contribution in [0.2, 0.25) is 0 Å². The number of hydrogen-bond donors (Lipinski definition) is 1. The molecule has 1 N–H and O–H groups in total. The number of aliphatic hydroxyl groups is 1. The molecule has 0 aliphatic rings. The van der Waals surface area contributed by atoms with Gasteiger partial charge in [-0.15, -0.1) is 0 Å². The van der Waals surface area contributed by atoms with Crippen LogP contribution in [0.1, 0.15) is 17.2 Å². The van der Waals surface area contributed by atoms with Crippen molar-refractivity contribution < 1.29 is 13.9 Å². The molecule has 21 heavy (non-hydrogen) atoms. The van der Waals surface area contributed by atoms with Crippen LogP contribution in [-0.2, 0) is 6.42 Å². The second-order valence-electron chi connectivity index (χ2n) is 4.94. The molecule has 2 aromatic carbocycles. The second kappa shape index (κ2) is 5.58. The number of fused-ring (bicyclic) bond motifs is 1. The third-order valence-electron chi connectivity index (χ3n) is 3.43. The number of aromatic nitrogens is 1. The first-order valence-electron chi connectivity index (χ1n) is 6.59. The van der Waals surface area contributed by atoms with E-state index in [1.807, 2.05) is 18.2 Å². The van der Waals surface area contributed by atoms with Gasteiger partial charge >= 0.3 is 0 Å². The lowest BCUT2D eigenvalue weighted by Gasteiger charge is -2.14. The first-order valence-corrected chi connectivity index (χ1v) is 6.59. The van der Waals surface area contributed by atoms with E-state index < -0.39 is 17.7 Å². The molecule has 3 aromatic rings. The van der Waals surface area contributed by atoms with Gasteiger partial charge in [0.2, 0.25) is 0 Å². The van der Waals surface area contributed by atoms with Gasteiger partial charge in [-0.2, -0.15) is 0 Å². The summed E-state index contributed by atoms with van der Waals surface area (Å²) in [5.41, 5.74) is 1.12. The van der Waals surface area contributed by atoms with Gasteiger partial charge in [-0.05, 0) is 34.7 Å². The second-order valence-corrected chi connectivity index (χ2v) is 4.94. The SMILES string of the molecule is OC(Cc1cc(F)cc(F)c1)c1cccc2ccncc12. The average molecular weight is 285 g/mol. The topological polar surface area (TPSA) is 33.1 Å². The fraction of sp³-hybridized carbons (Fsp3) is 0.118. The molecule has 0 aliphatic heterocycles. The molecule has 1 unspecified atom stereocenters. The van der Waals surface area contributed by atoms with Crippen molar-refractivity contribution in [1.29, 1.82) is 0 Å². The van der Waals surface area contributed by atoms with Gasteiger partial charge in [-0.1, -0.05) is 18.2 Å². The minimum absolute atomic E-state index is 0.142. The van der Waals surface area contributed by atoms with Gasteiger partial charge in [0.05, 0.1) is 6.10 Å². The van der Waals surface area contributed by atoms with E-state index in [2.05, 4.69) is 4.98 Å². The van der Waals surface area contributed by atoms with Gasteiger partial charge in [0, 0.05) is 30.3 Å². The lowest BCUT2D eigenvalue weighted by Crippen LogP contribution is -2.03. The number of benzene rings is 2. The summed E-state index contributed by atoms with van der Waals surface area (Å²) in [6.45, 7) is 0. The van der Waals surface area contributed by atoms with Crippen molar-refractivity contribution in [2.75, 3.05) is 0 Å². The van der Waals surface area contributed by atoms with E-state index in [1.165, 1.54) is 12.1 Å². The summed E-state index contributed by atoms with van der Waals surface area (Å²) in [4.78, 5) is 4.06. The Bertz CT molecular complexity index is 763. The number of rotatable bonds is 3. The van der Waals surface area contributed by atoms with E-state index in [1.54, 1.807) is 18.5 Å². The van der Waals surface area contributed by atoms with Crippen LogP contribution >= 0.6 is 0 Å². The van der Waals surface area contributed by atoms with E-state index >= 15 is 0 Å². The molecule has 4 heteroatoms. The Morgan fingerprint density at radius 1 is 1.05 bits per heavy atom. The molecular formula is C17H13F2NO. The molecule has 0 spiro atoms. The van der Waals surface area contributed by atoms with Crippen LogP contribution in [-0.4, -0.2) is 10.1 Å². The lowest BCUT2D eigenvalue weighted by molar-refractivity contribution is 0.180. The van der Waals surface area contributed by atoms with Crippen molar-refractivity contribution in [3.8, 4) is 0 Å². The molecule has 0 fully saturated rings. The van der Waals surface area contributed by atoms with Crippen LogP contribution in [0.3, 0.4) is 0 Å². The van der Waals surface area contributed by atoms with Crippen molar-refractivity contribution in [2.24, 2.45) is 0 Å². The Hall–Kier alpha value is -2.33. The monoisotopic (exact) mass is 285 g/mol. The summed E-state index contributed by atoms with van der Waals surface area (Å²) in [6.07, 6.45) is 2.66. The summed E-state index contributed by atoms with van der Waals surface area (Å²) in [5.74, 6) is -1.28. The van der Waals surface area contributed by atoms with Gasteiger partial charge in [0.1, 0.15) is 11.6 Å². The zero-order chi connectivity index (χ0) is 14.8. The molecule has 1 heterocycles. The molecule has 0 saturated carbocycles. The smallest absolute Gasteiger partial charge is 0.126 e. The molecule has 0 radical (unpaired) electrons. The Morgan fingerprint density at radius 3 is 2.57 bits per heavy atom. The van der Waals surface area contributed by atoms with Gasteiger partial charge in [0.15, 0.2) is 0 Å². The van der Waals surface area contributed by atoms with Crippen LogP contribution in [0, 0.1) is 11.6 Å². The van der Waals surface area contributed by atoms with Gasteiger partial charge in [-0.3, -0.25) is 4.98 Å². The van der Waals surface area contributed by atoms with E-state index in [9.17, 15) is 13.9 Å². The maximum absolute atomic E-state index is 13.2. The summed E-state index contributed by atoms with van der Waals surface area (Å²) < 4.78 is 26.4. The molecule has 0 amide bonds. The number of pyridine rings is 1. The van der Waals surface area contributed by atoms with Crippen molar-refractivity contribution in [1.82, 2.24) is 4.98 Å². The van der Waals surface area contributed by atoms with Gasteiger partial charge < -0.3 is 5.11 Å². The molecule has 1 atom stereocenters. The van der Waals surface area contributed by atoms with Crippen molar-refractivity contribution in [3.05, 3.63) is 77.6 Å². The highest BCUT2D eigenvalue weighted by atomic mass is 19.1. The molecule has 0 saturated heterocycles. The van der Waals surface area contributed by atoms with E-state index in [4.69, 9.17) is 0 Å². The highest BCUT2D eigenvalue weighted by Crippen LogP contribution is 2.26. The maximum Gasteiger partial charge on any atom is 0.126 e. The molecular weight excluding hydrogens is 272 g/mol. The van der Waals surface area contributed by atoms with Crippen molar-refractivity contribution in [3.63, 3.8) is 0 Å². The minimum atomic E-state index is -0.848. The normalized spacial score (nSPS) is 12.5. The lowest BCUT2D eigenvalue weighted by atomic mass is 9.97. The van der Waals surface area contributed by atoms with Crippen LogP contribution < -0.4 is 0 Å². The first-order chi connectivity index (χ1) is 10.1. The minimum Gasteiger partial charge on any atom is -0.388 e. The van der Waals surface area contributed by atoms with Crippen LogP contribution in [0.15, 0.2) is 54.9 Å². The first kappa shape index (κ1) is 13.6. The number of aliphatic hydroxyl groups excluding tert-OH is 1. The molecule has 0 bridgehead atoms. The summed E-state index contributed by atoms with van der Waals surface area (Å²) in [7, 11) is 0. The van der Waals surface area contributed by atoms with E-state index in [-0.39, 0.29) is 6.42 Å². The Labute approximate surface area is 120 Å². The summed E-state index contributed by atoms with van der Waals surface area (Å²) >= 11 is 0. The Balaban J connectivity index is 1.95. The van der Waals surface area contributed by atoms with E-state index in [0.29, 0.717) is 11.1 Å². The standard InChI is InChI=1S/C17H13F2NO/c18-13-6-11(7-14(19)9-13)8-17(21)15-3-1-2-12-4-5-20-10-16(12)15/h1-7,9-10,17,21H,8H2. The molecule has 2 nitrogen and oxygen atoms in total. The molecule has 3 rings (SSSR count). The number of nitrogens with zero attached hydrogens (tertiary/aromatic N) is 1. The van der Waals surface area contributed by atoms with Crippen molar-refractivity contribution >= 4 is 10.8 Å². The highest BCUT2D eigenvalue weighted by molar-refractivity contribution is 5.85. The van der Waals surface area contributed by atoms with Crippen LogP contribution in [0.25, 0.3) is 10.8 Å². The molecule has 0 aliphatic carbocycles. The summed E-state index contributed by atoms with van der Waals surface area (Å²) in [5, 5.41) is 12.2. The third kappa shape index (κ3) is 2.90. The average Bonchev–Trinajstić information content (AvgIpc) is 2.45. The predicted octanol–water partition coefficient (Wildman–Crippen LogP) is 3.79. The van der Waals surface area contributed by atoms with Crippen LogP contribution in [0.4, 0.5) is 8.78 Å². The van der Waals surface area contributed by atoms with Gasteiger partial charge in [-0.25, -0.2) is 8.78 Å². The fourth-order valence-electron chi connectivity index (χ4n) is 2.49. The van der Waals surface area contributed by atoms with Crippen molar-refractivity contribution in [2.45, 2.75) is 12.5 Å². The number of hydrogen-bond acceptors (Lipinski definition) is 2. The largest absolute Gasteiger partial charge is 0.388 e. The Morgan fingerprint density at radius 2 is 1.81 bits per heavy atom.